The van der Waals surface area contributed by atoms with Crippen molar-refractivity contribution in [3.63, 3.8) is 0 Å². The molecular weight excluding hydrogens is 250 g/mol. The molecule has 3 rings (SSSR count). The van der Waals surface area contributed by atoms with E-state index in [1.54, 1.807) is 0 Å². The lowest BCUT2D eigenvalue weighted by molar-refractivity contribution is 0.122. The van der Waals surface area contributed by atoms with Crippen LogP contribution in [0, 0.1) is 0 Å². The van der Waals surface area contributed by atoms with E-state index in [1.807, 2.05) is 6.07 Å². The number of anilines is 1. The van der Waals surface area contributed by atoms with Gasteiger partial charge in [-0.25, -0.2) is 9.97 Å². The van der Waals surface area contributed by atoms with E-state index < -0.39 is 0 Å². The Balaban J connectivity index is 1.84. The van der Waals surface area contributed by atoms with E-state index in [-0.39, 0.29) is 0 Å². The lowest BCUT2D eigenvalue weighted by Gasteiger charge is -2.27. The van der Waals surface area contributed by atoms with E-state index in [0.29, 0.717) is 11.1 Å². The van der Waals surface area contributed by atoms with Crippen LogP contribution < -0.4 is 4.90 Å². The highest BCUT2D eigenvalue weighted by molar-refractivity contribution is 6.29. The molecule has 18 heavy (non-hydrogen) atoms. The minimum Gasteiger partial charge on any atom is -0.378 e. The van der Waals surface area contributed by atoms with Gasteiger partial charge >= 0.3 is 0 Å². The summed E-state index contributed by atoms with van der Waals surface area (Å²) in [6.45, 7) is 3.19. The highest BCUT2D eigenvalue weighted by Crippen LogP contribution is 2.34. The summed E-state index contributed by atoms with van der Waals surface area (Å²) >= 11 is 6.14. The molecule has 0 aromatic carbocycles. The van der Waals surface area contributed by atoms with Crippen LogP contribution in [-0.2, 0) is 4.74 Å². The second kappa shape index (κ2) is 5.41. The Bertz CT molecular complexity index is 415. The summed E-state index contributed by atoms with van der Waals surface area (Å²) in [6.07, 6.45) is 5.07. The molecule has 0 N–H and O–H groups in total. The van der Waals surface area contributed by atoms with Gasteiger partial charge in [0.2, 0.25) is 5.95 Å². The van der Waals surface area contributed by atoms with Gasteiger partial charge in [-0.1, -0.05) is 24.4 Å². The normalized spacial score (nSPS) is 21.5. The molecule has 0 spiro atoms. The molecular formula is C13H18ClN3O. The number of hydrogen-bond acceptors (Lipinski definition) is 4. The lowest BCUT2D eigenvalue weighted by atomic mass is 10.0. The fourth-order valence-electron chi connectivity index (χ4n) is 2.76. The molecule has 5 heteroatoms. The first-order valence-electron chi connectivity index (χ1n) is 6.70. The maximum Gasteiger partial charge on any atom is 0.227 e. The number of aromatic nitrogens is 2. The molecule has 0 amide bonds. The van der Waals surface area contributed by atoms with Gasteiger partial charge < -0.3 is 9.64 Å². The topological polar surface area (TPSA) is 38.2 Å². The van der Waals surface area contributed by atoms with Crippen molar-refractivity contribution in [3.8, 4) is 0 Å². The third-order valence-corrected chi connectivity index (χ3v) is 3.96. The maximum absolute atomic E-state index is 6.14. The largest absolute Gasteiger partial charge is 0.378 e. The summed E-state index contributed by atoms with van der Waals surface area (Å²) in [5.41, 5.74) is 1.12. The van der Waals surface area contributed by atoms with Crippen LogP contribution >= 0.6 is 11.6 Å². The van der Waals surface area contributed by atoms with Crippen molar-refractivity contribution in [2.24, 2.45) is 0 Å². The zero-order valence-electron chi connectivity index (χ0n) is 10.4. The third kappa shape index (κ3) is 2.59. The molecule has 1 aliphatic carbocycles. The quantitative estimate of drug-likeness (QED) is 0.772. The standard InChI is InChI=1S/C13H18ClN3O/c14-12-9-11(10-3-1-2-4-10)15-13(16-12)17-5-7-18-8-6-17/h9-10H,1-8H2. The molecule has 2 heterocycles. The molecule has 0 atom stereocenters. The number of ether oxygens (including phenoxy) is 1. The van der Waals surface area contributed by atoms with Crippen LogP contribution in [0.5, 0.6) is 0 Å². The number of rotatable bonds is 2. The van der Waals surface area contributed by atoms with E-state index >= 15 is 0 Å². The Kier molecular flexibility index (Phi) is 3.66. The van der Waals surface area contributed by atoms with Crippen LogP contribution in [0.1, 0.15) is 37.3 Å². The first-order valence-corrected chi connectivity index (χ1v) is 7.08. The molecule has 4 nitrogen and oxygen atoms in total. The molecule has 2 aliphatic rings. The van der Waals surface area contributed by atoms with E-state index in [1.165, 1.54) is 25.7 Å². The number of nitrogens with zero attached hydrogens (tertiary/aromatic N) is 3. The van der Waals surface area contributed by atoms with Crippen molar-refractivity contribution in [1.29, 1.82) is 0 Å². The molecule has 0 unspecified atom stereocenters. The zero-order valence-corrected chi connectivity index (χ0v) is 11.2. The molecule has 0 bridgehead atoms. The highest BCUT2D eigenvalue weighted by atomic mass is 35.5. The summed E-state index contributed by atoms with van der Waals surface area (Å²) in [5.74, 6) is 1.35. The number of halogens is 1. The van der Waals surface area contributed by atoms with E-state index in [2.05, 4.69) is 9.88 Å². The Morgan fingerprint density at radius 2 is 1.89 bits per heavy atom. The molecule has 1 aromatic heterocycles. The van der Waals surface area contributed by atoms with Crippen LogP contribution in [0.25, 0.3) is 0 Å². The van der Waals surface area contributed by atoms with E-state index in [4.69, 9.17) is 21.3 Å². The average Bonchev–Trinajstić information content (AvgIpc) is 2.93. The van der Waals surface area contributed by atoms with Gasteiger partial charge in [-0.3, -0.25) is 0 Å². The molecule has 1 aliphatic heterocycles. The minimum absolute atomic E-state index is 0.563. The van der Waals surface area contributed by atoms with Gasteiger partial charge in [-0.15, -0.1) is 0 Å². The van der Waals surface area contributed by atoms with Gasteiger partial charge in [0.1, 0.15) is 5.15 Å². The molecule has 98 valence electrons. The van der Waals surface area contributed by atoms with Crippen LogP contribution in [-0.4, -0.2) is 36.3 Å². The Hall–Kier alpha value is -0.870. The SMILES string of the molecule is Clc1cc(C2CCCC2)nc(N2CCOCC2)n1. The maximum atomic E-state index is 6.14. The second-order valence-electron chi connectivity index (χ2n) is 5.00. The van der Waals surface area contributed by atoms with Crippen LogP contribution in [0.15, 0.2) is 6.07 Å². The van der Waals surface area contributed by atoms with E-state index in [0.717, 1.165) is 37.9 Å². The monoisotopic (exact) mass is 267 g/mol. The van der Waals surface area contributed by atoms with Crippen LogP contribution in [0.2, 0.25) is 5.15 Å². The fourth-order valence-corrected chi connectivity index (χ4v) is 2.95. The smallest absolute Gasteiger partial charge is 0.227 e. The molecule has 0 radical (unpaired) electrons. The summed E-state index contributed by atoms with van der Waals surface area (Å²) < 4.78 is 5.35. The summed E-state index contributed by atoms with van der Waals surface area (Å²) in [6, 6.07) is 1.93. The Labute approximate surface area is 112 Å². The van der Waals surface area contributed by atoms with Gasteiger partial charge in [0.25, 0.3) is 0 Å². The third-order valence-electron chi connectivity index (χ3n) is 3.77. The van der Waals surface area contributed by atoms with Gasteiger partial charge in [-0.2, -0.15) is 0 Å². The molecule has 1 aromatic rings. The lowest BCUT2D eigenvalue weighted by Crippen LogP contribution is -2.37. The Morgan fingerprint density at radius 3 is 2.61 bits per heavy atom. The number of morpholine rings is 1. The van der Waals surface area contributed by atoms with Gasteiger partial charge in [0, 0.05) is 19.0 Å². The van der Waals surface area contributed by atoms with Crippen LogP contribution in [0.4, 0.5) is 5.95 Å². The zero-order chi connectivity index (χ0) is 12.4. The average molecular weight is 268 g/mol. The summed E-state index contributed by atoms with van der Waals surface area (Å²) in [5, 5.41) is 0.563. The van der Waals surface area contributed by atoms with Crippen molar-refractivity contribution >= 4 is 17.5 Å². The van der Waals surface area contributed by atoms with Crippen molar-refractivity contribution in [3.05, 3.63) is 16.9 Å². The van der Waals surface area contributed by atoms with Crippen LogP contribution in [0.3, 0.4) is 0 Å². The predicted molar refractivity (Wildman–Crippen MR) is 71.3 cm³/mol. The first kappa shape index (κ1) is 12.2. The highest BCUT2D eigenvalue weighted by Gasteiger charge is 2.21. The van der Waals surface area contributed by atoms with Gasteiger partial charge in [0.15, 0.2) is 0 Å². The van der Waals surface area contributed by atoms with Crippen molar-refractivity contribution in [2.75, 3.05) is 31.2 Å². The Morgan fingerprint density at radius 1 is 1.17 bits per heavy atom. The van der Waals surface area contributed by atoms with Crippen molar-refractivity contribution < 1.29 is 4.74 Å². The molecule has 1 saturated heterocycles. The minimum atomic E-state index is 0.563. The predicted octanol–water partition coefficient (Wildman–Crippen LogP) is 2.62. The fraction of sp³-hybridized carbons (Fsp3) is 0.692. The number of hydrogen-bond donors (Lipinski definition) is 0. The van der Waals surface area contributed by atoms with Gasteiger partial charge in [0.05, 0.1) is 18.9 Å². The second-order valence-corrected chi connectivity index (χ2v) is 5.38. The van der Waals surface area contributed by atoms with Gasteiger partial charge in [-0.05, 0) is 18.9 Å². The molecule has 1 saturated carbocycles. The molecule has 2 fully saturated rings. The van der Waals surface area contributed by atoms with Crippen molar-refractivity contribution in [2.45, 2.75) is 31.6 Å². The van der Waals surface area contributed by atoms with Crippen molar-refractivity contribution in [1.82, 2.24) is 9.97 Å². The first-order chi connectivity index (χ1) is 8.83. The summed E-state index contributed by atoms with van der Waals surface area (Å²) in [4.78, 5) is 11.2. The van der Waals surface area contributed by atoms with E-state index in [9.17, 15) is 0 Å². The summed E-state index contributed by atoms with van der Waals surface area (Å²) in [7, 11) is 0.